The zero-order valence-corrected chi connectivity index (χ0v) is 12.8. The maximum atomic E-state index is 12.1. The first kappa shape index (κ1) is 16.2. The second kappa shape index (κ2) is 7.65. The number of nitriles is 1. The third kappa shape index (κ3) is 4.35. The van der Waals surface area contributed by atoms with Crippen molar-refractivity contribution in [2.75, 3.05) is 7.11 Å². The van der Waals surface area contributed by atoms with Gasteiger partial charge in [-0.3, -0.25) is 4.79 Å². The molecule has 1 rings (SSSR count). The smallest absolute Gasteiger partial charge is 0.328 e. The fourth-order valence-electron chi connectivity index (χ4n) is 1.68. The van der Waals surface area contributed by atoms with Crippen molar-refractivity contribution in [3.8, 4) is 6.07 Å². The van der Waals surface area contributed by atoms with Gasteiger partial charge in [0.1, 0.15) is 6.04 Å². The number of nitrogens with zero attached hydrogens (tertiary/aromatic N) is 1. The molecule has 2 atom stereocenters. The van der Waals surface area contributed by atoms with Gasteiger partial charge in [-0.15, -0.1) is 0 Å². The number of carbonyl (C=O) groups is 2. The number of hydrogen-bond donors (Lipinski definition) is 1. The van der Waals surface area contributed by atoms with Crippen molar-refractivity contribution >= 4 is 27.8 Å². The average Bonchev–Trinajstić information content (AvgIpc) is 2.43. The zero-order valence-electron chi connectivity index (χ0n) is 11.2. The predicted molar refractivity (Wildman–Crippen MR) is 76.8 cm³/mol. The first-order chi connectivity index (χ1) is 9.49. The Labute approximate surface area is 126 Å². The first-order valence-corrected chi connectivity index (χ1v) is 6.80. The summed E-state index contributed by atoms with van der Waals surface area (Å²) < 4.78 is 5.44. The Hall–Kier alpha value is -1.87. The van der Waals surface area contributed by atoms with Crippen molar-refractivity contribution in [2.45, 2.75) is 19.4 Å². The minimum absolute atomic E-state index is 0.151. The van der Waals surface area contributed by atoms with E-state index >= 15 is 0 Å². The quantitative estimate of drug-likeness (QED) is 0.835. The van der Waals surface area contributed by atoms with Crippen LogP contribution < -0.4 is 5.32 Å². The Morgan fingerprint density at radius 2 is 2.20 bits per heavy atom. The summed E-state index contributed by atoms with van der Waals surface area (Å²) in [5, 5.41) is 11.3. The summed E-state index contributed by atoms with van der Waals surface area (Å²) in [5.74, 6) is -1.27. The van der Waals surface area contributed by atoms with Crippen LogP contribution in [-0.2, 0) is 9.53 Å². The lowest BCUT2D eigenvalue weighted by molar-refractivity contribution is -0.144. The van der Waals surface area contributed by atoms with E-state index in [0.29, 0.717) is 5.56 Å². The molecule has 0 saturated carbocycles. The highest BCUT2D eigenvalue weighted by Crippen LogP contribution is 2.14. The van der Waals surface area contributed by atoms with Crippen LogP contribution in [0.1, 0.15) is 23.7 Å². The largest absolute Gasteiger partial charge is 0.467 e. The molecule has 0 unspecified atom stereocenters. The molecule has 0 heterocycles. The molecular weight excluding hydrogens is 324 g/mol. The van der Waals surface area contributed by atoms with Crippen LogP contribution in [0.15, 0.2) is 28.7 Å². The third-order valence-corrected chi connectivity index (χ3v) is 3.30. The average molecular weight is 339 g/mol. The number of amides is 1. The van der Waals surface area contributed by atoms with Crippen LogP contribution in [0, 0.1) is 17.2 Å². The second-order valence-electron chi connectivity index (χ2n) is 4.32. The fraction of sp³-hybridized carbons (Fsp3) is 0.357. The number of nitrogens with one attached hydrogen (secondary N) is 1. The summed E-state index contributed by atoms with van der Waals surface area (Å²) in [6, 6.07) is 7.96. The lowest BCUT2D eigenvalue weighted by Gasteiger charge is -2.21. The standard InChI is InChI=1S/C14H15BrN2O3/c1-9(6-7-16)12(14(19)20-2)17-13(18)10-4-3-5-11(15)8-10/h3-5,8-9,12H,6H2,1-2H3,(H,17,18)/t9-,12-/m1/s1. The Bertz CT molecular complexity index is 539. The molecule has 106 valence electrons. The van der Waals surface area contributed by atoms with Crippen molar-refractivity contribution in [1.82, 2.24) is 5.32 Å². The Morgan fingerprint density at radius 1 is 1.50 bits per heavy atom. The van der Waals surface area contributed by atoms with Gasteiger partial charge in [0.25, 0.3) is 5.91 Å². The van der Waals surface area contributed by atoms with Crippen LogP contribution in [0.2, 0.25) is 0 Å². The summed E-state index contributed by atoms with van der Waals surface area (Å²) in [4.78, 5) is 23.8. The van der Waals surface area contributed by atoms with Gasteiger partial charge in [-0.1, -0.05) is 28.9 Å². The minimum Gasteiger partial charge on any atom is -0.467 e. The second-order valence-corrected chi connectivity index (χ2v) is 5.24. The number of halogens is 1. The summed E-state index contributed by atoms with van der Waals surface area (Å²) in [7, 11) is 1.25. The molecule has 0 bridgehead atoms. The van der Waals surface area contributed by atoms with Gasteiger partial charge in [0.2, 0.25) is 0 Å². The molecular formula is C14H15BrN2O3. The van der Waals surface area contributed by atoms with Crippen molar-refractivity contribution in [2.24, 2.45) is 5.92 Å². The van der Waals surface area contributed by atoms with Gasteiger partial charge < -0.3 is 10.1 Å². The van der Waals surface area contributed by atoms with Crippen molar-refractivity contribution < 1.29 is 14.3 Å². The molecule has 1 aromatic carbocycles. The number of ether oxygens (including phenoxy) is 1. The molecule has 1 amide bonds. The molecule has 0 spiro atoms. The number of esters is 1. The van der Waals surface area contributed by atoms with E-state index in [1.807, 2.05) is 6.07 Å². The highest BCUT2D eigenvalue weighted by Gasteiger charge is 2.28. The Balaban J connectivity index is 2.87. The van der Waals surface area contributed by atoms with E-state index in [9.17, 15) is 9.59 Å². The third-order valence-electron chi connectivity index (χ3n) is 2.81. The lowest BCUT2D eigenvalue weighted by atomic mass is 9.98. The molecule has 0 radical (unpaired) electrons. The summed E-state index contributed by atoms with van der Waals surface area (Å²) >= 11 is 3.28. The molecule has 0 saturated heterocycles. The number of hydrogen-bond acceptors (Lipinski definition) is 4. The molecule has 0 aromatic heterocycles. The monoisotopic (exact) mass is 338 g/mol. The fourth-order valence-corrected chi connectivity index (χ4v) is 2.08. The number of carbonyl (C=O) groups excluding carboxylic acids is 2. The SMILES string of the molecule is COC(=O)[C@H](NC(=O)c1cccc(Br)c1)[C@H](C)CC#N. The van der Waals surface area contributed by atoms with E-state index in [2.05, 4.69) is 26.0 Å². The minimum atomic E-state index is -0.842. The maximum Gasteiger partial charge on any atom is 0.328 e. The summed E-state index contributed by atoms with van der Waals surface area (Å²) in [6.45, 7) is 1.71. The topological polar surface area (TPSA) is 79.2 Å². The van der Waals surface area contributed by atoms with Gasteiger partial charge >= 0.3 is 5.97 Å². The number of methoxy groups -OCH3 is 1. The van der Waals surface area contributed by atoms with Crippen molar-refractivity contribution in [1.29, 1.82) is 5.26 Å². The highest BCUT2D eigenvalue weighted by molar-refractivity contribution is 9.10. The van der Waals surface area contributed by atoms with Crippen LogP contribution in [0.3, 0.4) is 0 Å². The molecule has 0 aliphatic rings. The lowest BCUT2D eigenvalue weighted by Crippen LogP contribution is -2.45. The van der Waals surface area contributed by atoms with Gasteiger partial charge in [0.15, 0.2) is 0 Å². The molecule has 0 fully saturated rings. The molecule has 20 heavy (non-hydrogen) atoms. The van der Waals surface area contributed by atoms with Crippen molar-refractivity contribution in [3.63, 3.8) is 0 Å². The van der Waals surface area contributed by atoms with Crippen LogP contribution in [0.4, 0.5) is 0 Å². The Kier molecular flexibility index (Phi) is 6.19. The van der Waals surface area contributed by atoms with Gasteiger partial charge in [0, 0.05) is 22.4 Å². The summed E-state index contributed by atoms with van der Waals surface area (Å²) in [6.07, 6.45) is 0.151. The molecule has 1 aromatic rings. The van der Waals surface area contributed by atoms with E-state index in [1.54, 1.807) is 31.2 Å². The zero-order chi connectivity index (χ0) is 15.1. The van der Waals surface area contributed by atoms with Crippen molar-refractivity contribution in [3.05, 3.63) is 34.3 Å². The molecule has 0 aliphatic carbocycles. The molecule has 1 N–H and O–H groups in total. The van der Waals surface area contributed by atoms with E-state index in [1.165, 1.54) is 7.11 Å². The first-order valence-electron chi connectivity index (χ1n) is 6.00. The van der Waals surface area contributed by atoms with Gasteiger partial charge in [-0.2, -0.15) is 5.26 Å². The molecule has 0 aliphatic heterocycles. The van der Waals surface area contributed by atoms with Gasteiger partial charge in [0.05, 0.1) is 13.2 Å². The van der Waals surface area contributed by atoms with Crippen LogP contribution in [-0.4, -0.2) is 25.0 Å². The molecule has 5 nitrogen and oxygen atoms in total. The Morgan fingerprint density at radius 3 is 2.75 bits per heavy atom. The maximum absolute atomic E-state index is 12.1. The number of benzene rings is 1. The summed E-state index contributed by atoms with van der Waals surface area (Å²) in [5.41, 5.74) is 0.428. The van der Waals surface area contributed by atoms with Crippen LogP contribution in [0.25, 0.3) is 0 Å². The normalized spacial score (nSPS) is 12.9. The van der Waals surface area contributed by atoms with Gasteiger partial charge in [-0.05, 0) is 18.2 Å². The van der Waals surface area contributed by atoms with E-state index in [0.717, 1.165) is 4.47 Å². The van der Waals surface area contributed by atoms with Crippen LogP contribution in [0.5, 0.6) is 0 Å². The van der Waals surface area contributed by atoms with Crippen LogP contribution >= 0.6 is 15.9 Å². The predicted octanol–water partition coefficient (Wildman–Crippen LogP) is 2.27. The molecule has 6 heteroatoms. The van der Waals surface area contributed by atoms with E-state index in [4.69, 9.17) is 5.26 Å². The van der Waals surface area contributed by atoms with E-state index in [-0.39, 0.29) is 18.2 Å². The highest BCUT2D eigenvalue weighted by atomic mass is 79.9. The van der Waals surface area contributed by atoms with Gasteiger partial charge in [-0.25, -0.2) is 4.79 Å². The van der Waals surface area contributed by atoms with E-state index < -0.39 is 12.0 Å². The number of rotatable bonds is 5.